The van der Waals surface area contributed by atoms with Crippen LogP contribution in [0, 0.1) is 0 Å². The van der Waals surface area contributed by atoms with E-state index < -0.39 is 0 Å². The minimum atomic E-state index is -0.268. The summed E-state index contributed by atoms with van der Waals surface area (Å²) in [5.74, 6) is 0. The van der Waals surface area contributed by atoms with Gasteiger partial charge < -0.3 is 9.88 Å². The van der Waals surface area contributed by atoms with Crippen molar-refractivity contribution < 1.29 is 4.79 Å². The van der Waals surface area contributed by atoms with Gasteiger partial charge in [0.15, 0.2) is 5.13 Å². The van der Waals surface area contributed by atoms with Crippen LogP contribution in [0.1, 0.15) is 18.5 Å². The summed E-state index contributed by atoms with van der Waals surface area (Å²) in [5, 5.41) is 8.00. The second-order valence-electron chi connectivity index (χ2n) is 4.72. The van der Waals surface area contributed by atoms with Crippen molar-refractivity contribution in [1.29, 1.82) is 0 Å². The number of amides is 2. The highest BCUT2D eigenvalue weighted by Gasteiger charge is 2.11. The van der Waals surface area contributed by atoms with E-state index in [0.717, 1.165) is 11.3 Å². The van der Waals surface area contributed by atoms with E-state index in [0.29, 0.717) is 5.13 Å². The maximum Gasteiger partial charge on any atom is 0.321 e. The molecule has 2 amide bonds. The number of urea groups is 1. The number of nitrogens with zero attached hydrogens (tertiary/aromatic N) is 3. The molecular weight excluding hydrogens is 298 g/mol. The zero-order valence-electron chi connectivity index (χ0n) is 11.9. The molecule has 0 spiro atoms. The second-order valence-corrected chi connectivity index (χ2v) is 5.62. The van der Waals surface area contributed by atoms with Crippen LogP contribution < -0.4 is 10.6 Å². The van der Waals surface area contributed by atoms with Gasteiger partial charge in [0, 0.05) is 29.7 Å². The Morgan fingerprint density at radius 2 is 2.27 bits per heavy atom. The van der Waals surface area contributed by atoms with Crippen LogP contribution in [0.25, 0.3) is 5.69 Å². The molecule has 0 bridgehead atoms. The van der Waals surface area contributed by atoms with E-state index in [1.807, 2.05) is 47.3 Å². The van der Waals surface area contributed by atoms with Crippen LogP contribution in [0.15, 0.2) is 54.6 Å². The predicted octanol–water partition coefficient (Wildman–Crippen LogP) is 3.21. The lowest BCUT2D eigenvalue weighted by Gasteiger charge is -2.15. The van der Waals surface area contributed by atoms with Crippen LogP contribution in [0.3, 0.4) is 0 Å². The number of benzene rings is 1. The van der Waals surface area contributed by atoms with Crippen LogP contribution in [-0.4, -0.2) is 20.6 Å². The lowest BCUT2D eigenvalue weighted by Crippen LogP contribution is -2.31. The summed E-state index contributed by atoms with van der Waals surface area (Å²) in [6.45, 7) is 1.94. The first-order chi connectivity index (χ1) is 10.7. The van der Waals surface area contributed by atoms with Crippen molar-refractivity contribution >= 4 is 22.5 Å². The highest BCUT2D eigenvalue weighted by atomic mass is 32.1. The number of rotatable bonds is 4. The molecule has 0 radical (unpaired) electrons. The standard InChI is InChI=1S/C15H15N5OS/c1-11(18-14(21)19-15-17-6-8-22-15)12-3-2-4-13(9-12)20-7-5-16-10-20/h2-11H,1H3,(H2,17,18,19,21). The Kier molecular flexibility index (Phi) is 4.15. The van der Waals surface area contributed by atoms with Gasteiger partial charge in [-0.05, 0) is 24.6 Å². The Hall–Kier alpha value is -2.67. The minimum Gasteiger partial charge on any atom is -0.331 e. The number of aromatic nitrogens is 3. The van der Waals surface area contributed by atoms with Gasteiger partial charge in [0.1, 0.15) is 0 Å². The van der Waals surface area contributed by atoms with E-state index in [4.69, 9.17) is 0 Å². The van der Waals surface area contributed by atoms with E-state index in [-0.39, 0.29) is 12.1 Å². The SMILES string of the molecule is CC(NC(=O)Nc1nccs1)c1cccc(-n2ccnc2)c1. The van der Waals surface area contributed by atoms with E-state index in [9.17, 15) is 4.79 Å². The number of hydrogen-bond donors (Lipinski definition) is 2. The lowest BCUT2D eigenvalue weighted by atomic mass is 10.1. The second kappa shape index (κ2) is 6.40. The summed E-state index contributed by atoms with van der Waals surface area (Å²) in [5.41, 5.74) is 2.02. The number of carbonyl (C=O) groups is 1. The number of nitrogens with one attached hydrogen (secondary N) is 2. The third-order valence-corrected chi connectivity index (χ3v) is 3.86. The Bertz CT molecular complexity index is 739. The molecular formula is C15H15N5OS. The molecule has 1 atom stereocenters. The number of anilines is 1. The number of thiazole rings is 1. The zero-order chi connectivity index (χ0) is 15.4. The van der Waals surface area contributed by atoms with Gasteiger partial charge in [-0.25, -0.2) is 14.8 Å². The largest absolute Gasteiger partial charge is 0.331 e. The third kappa shape index (κ3) is 3.32. The maximum atomic E-state index is 11.9. The Morgan fingerprint density at radius 3 is 3.00 bits per heavy atom. The molecule has 112 valence electrons. The number of imidazole rings is 1. The quantitative estimate of drug-likeness (QED) is 0.777. The van der Waals surface area contributed by atoms with Gasteiger partial charge in [-0.3, -0.25) is 5.32 Å². The van der Waals surface area contributed by atoms with E-state index in [1.54, 1.807) is 18.7 Å². The van der Waals surface area contributed by atoms with Gasteiger partial charge in [-0.15, -0.1) is 11.3 Å². The molecule has 2 aromatic heterocycles. The molecule has 7 heteroatoms. The molecule has 0 saturated heterocycles. The van der Waals surface area contributed by atoms with Crippen molar-refractivity contribution in [2.75, 3.05) is 5.32 Å². The van der Waals surface area contributed by atoms with Crippen molar-refractivity contribution in [3.63, 3.8) is 0 Å². The topological polar surface area (TPSA) is 71.8 Å². The Labute approximate surface area is 131 Å². The smallest absolute Gasteiger partial charge is 0.321 e. The summed E-state index contributed by atoms with van der Waals surface area (Å²) < 4.78 is 1.92. The summed E-state index contributed by atoms with van der Waals surface area (Å²) in [6, 6.07) is 7.57. The maximum absolute atomic E-state index is 11.9. The number of carbonyl (C=O) groups excluding carboxylic acids is 1. The highest BCUT2D eigenvalue weighted by molar-refractivity contribution is 7.13. The van der Waals surface area contributed by atoms with Gasteiger partial charge in [0.2, 0.25) is 0 Å². The summed E-state index contributed by atoms with van der Waals surface area (Å²) in [7, 11) is 0. The number of hydrogen-bond acceptors (Lipinski definition) is 4. The average molecular weight is 313 g/mol. The van der Waals surface area contributed by atoms with Crippen LogP contribution in [-0.2, 0) is 0 Å². The molecule has 0 aliphatic heterocycles. The van der Waals surface area contributed by atoms with Crippen LogP contribution in [0.4, 0.5) is 9.93 Å². The molecule has 6 nitrogen and oxygen atoms in total. The van der Waals surface area contributed by atoms with Gasteiger partial charge in [0.05, 0.1) is 12.4 Å². The van der Waals surface area contributed by atoms with Crippen molar-refractivity contribution in [3.05, 3.63) is 60.1 Å². The molecule has 1 unspecified atom stereocenters. The third-order valence-electron chi connectivity index (χ3n) is 3.17. The van der Waals surface area contributed by atoms with Crippen molar-refractivity contribution in [3.8, 4) is 5.69 Å². The minimum absolute atomic E-state index is 0.122. The van der Waals surface area contributed by atoms with E-state index in [2.05, 4.69) is 20.6 Å². The van der Waals surface area contributed by atoms with E-state index in [1.165, 1.54) is 11.3 Å². The van der Waals surface area contributed by atoms with Crippen molar-refractivity contribution in [1.82, 2.24) is 19.9 Å². The molecule has 2 heterocycles. The summed E-state index contributed by atoms with van der Waals surface area (Å²) in [4.78, 5) is 20.0. The van der Waals surface area contributed by atoms with Crippen molar-refractivity contribution in [2.24, 2.45) is 0 Å². The predicted molar refractivity (Wildman–Crippen MR) is 86.2 cm³/mol. The lowest BCUT2D eigenvalue weighted by molar-refractivity contribution is 0.249. The molecule has 0 aliphatic rings. The molecule has 3 aromatic rings. The monoisotopic (exact) mass is 313 g/mol. The fourth-order valence-corrected chi connectivity index (χ4v) is 2.59. The summed E-state index contributed by atoms with van der Waals surface area (Å²) >= 11 is 1.38. The fourth-order valence-electron chi connectivity index (χ4n) is 2.06. The van der Waals surface area contributed by atoms with E-state index >= 15 is 0 Å². The van der Waals surface area contributed by atoms with Crippen LogP contribution >= 0.6 is 11.3 Å². The normalized spacial score (nSPS) is 11.9. The van der Waals surface area contributed by atoms with Gasteiger partial charge in [-0.1, -0.05) is 12.1 Å². The first kappa shape index (κ1) is 14.3. The Morgan fingerprint density at radius 1 is 1.36 bits per heavy atom. The molecule has 0 aliphatic carbocycles. The van der Waals surface area contributed by atoms with Crippen LogP contribution in [0.2, 0.25) is 0 Å². The zero-order valence-corrected chi connectivity index (χ0v) is 12.7. The van der Waals surface area contributed by atoms with Gasteiger partial charge in [0.25, 0.3) is 0 Å². The van der Waals surface area contributed by atoms with Gasteiger partial charge in [-0.2, -0.15) is 0 Å². The first-order valence-corrected chi connectivity index (χ1v) is 7.65. The van der Waals surface area contributed by atoms with Crippen molar-refractivity contribution in [2.45, 2.75) is 13.0 Å². The first-order valence-electron chi connectivity index (χ1n) is 6.77. The molecule has 0 fully saturated rings. The molecule has 2 N–H and O–H groups in total. The molecule has 0 saturated carbocycles. The molecule has 3 rings (SSSR count). The fraction of sp³-hybridized carbons (Fsp3) is 0.133. The Balaban J connectivity index is 1.68. The summed E-state index contributed by atoms with van der Waals surface area (Å²) in [6.07, 6.45) is 7.01. The molecule has 22 heavy (non-hydrogen) atoms. The average Bonchev–Trinajstić information content (AvgIpc) is 3.20. The van der Waals surface area contributed by atoms with Crippen LogP contribution in [0.5, 0.6) is 0 Å². The van der Waals surface area contributed by atoms with Gasteiger partial charge >= 0.3 is 6.03 Å². The highest BCUT2D eigenvalue weighted by Crippen LogP contribution is 2.17. The molecule has 1 aromatic carbocycles.